The van der Waals surface area contributed by atoms with Crippen LogP contribution in [0.4, 0.5) is 11.4 Å². The van der Waals surface area contributed by atoms with Crippen LogP contribution in [0.3, 0.4) is 0 Å². The van der Waals surface area contributed by atoms with Gasteiger partial charge in [0.1, 0.15) is 5.69 Å². The molecule has 6 rings (SSSR count). The highest BCUT2D eigenvalue weighted by Gasteiger charge is 2.39. The van der Waals surface area contributed by atoms with Crippen molar-refractivity contribution in [3.8, 4) is 22.6 Å². The van der Waals surface area contributed by atoms with Gasteiger partial charge in [-0.2, -0.15) is 9.78 Å². The van der Waals surface area contributed by atoms with Crippen LogP contribution in [0.15, 0.2) is 89.9 Å². The van der Waals surface area contributed by atoms with Crippen LogP contribution < -0.4 is 15.2 Å². The molecule has 9 nitrogen and oxygen atoms in total. The lowest BCUT2D eigenvalue weighted by molar-refractivity contribution is -0.384. The number of ether oxygens (including phenoxy) is 1. The van der Waals surface area contributed by atoms with Gasteiger partial charge in [-0.05, 0) is 42.2 Å². The number of hydrogen-bond acceptors (Lipinski definition) is 8. The van der Waals surface area contributed by atoms with Gasteiger partial charge in [-0.3, -0.25) is 14.9 Å². The number of aromatic nitrogens is 2. The zero-order valence-corrected chi connectivity index (χ0v) is 24.3. The number of nitro benzene ring substituents is 1. The van der Waals surface area contributed by atoms with Gasteiger partial charge in [0.05, 0.1) is 29.0 Å². The van der Waals surface area contributed by atoms with Crippen molar-refractivity contribution in [3.63, 3.8) is 0 Å². The SMILES string of the molecule is CC1(COc2c(N3CCN(SCc4ccc([N+](=O)[O-])c(-c5ccccc5)c4)CC3)cnn(-c3ccccc3)c2=O)CC1. The van der Waals surface area contributed by atoms with Crippen LogP contribution in [0, 0.1) is 15.5 Å². The van der Waals surface area contributed by atoms with Gasteiger partial charge >= 0.3 is 5.56 Å². The number of benzene rings is 3. The number of nitrogens with zero attached hydrogens (tertiary/aromatic N) is 5. The first-order valence-corrected chi connectivity index (χ1v) is 15.1. The molecule has 42 heavy (non-hydrogen) atoms. The molecule has 216 valence electrons. The summed E-state index contributed by atoms with van der Waals surface area (Å²) in [6.45, 7) is 5.75. The zero-order valence-electron chi connectivity index (χ0n) is 23.5. The molecule has 0 atom stereocenters. The molecule has 1 aliphatic carbocycles. The van der Waals surface area contributed by atoms with E-state index in [0.29, 0.717) is 29.4 Å². The third kappa shape index (κ3) is 6.19. The van der Waals surface area contributed by atoms with Crippen molar-refractivity contribution in [1.82, 2.24) is 14.1 Å². The second-order valence-electron chi connectivity index (χ2n) is 11.2. The van der Waals surface area contributed by atoms with Crippen LogP contribution >= 0.6 is 11.9 Å². The van der Waals surface area contributed by atoms with Gasteiger partial charge in [-0.1, -0.05) is 73.5 Å². The number of para-hydroxylation sites is 1. The number of hydrogen-bond donors (Lipinski definition) is 0. The van der Waals surface area contributed by atoms with E-state index < -0.39 is 0 Å². The molecule has 2 aliphatic rings. The highest BCUT2D eigenvalue weighted by atomic mass is 32.2. The van der Waals surface area contributed by atoms with E-state index in [2.05, 4.69) is 21.2 Å². The average Bonchev–Trinajstić information content (AvgIpc) is 3.77. The molecule has 2 fully saturated rings. The summed E-state index contributed by atoms with van der Waals surface area (Å²) in [5.74, 6) is 1.07. The van der Waals surface area contributed by atoms with Gasteiger partial charge in [-0.15, -0.1) is 0 Å². The summed E-state index contributed by atoms with van der Waals surface area (Å²) in [5.41, 5.74) is 3.95. The minimum Gasteiger partial charge on any atom is -0.486 e. The lowest BCUT2D eigenvalue weighted by Crippen LogP contribution is -2.44. The van der Waals surface area contributed by atoms with Crippen molar-refractivity contribution in [2.24, 2.45) is 5.41 Å². The Bertz CT molecular complexity index is 1620. The predicted molar refractivity (Wildman–Crippen MR) is 166 cm³/mol. The molecule has 0 radical (unpaired) electrons. The molecule has 3 aromatic carbocycles. The Hall–Kier alpha value is -4.15. The van der Waals surface area contributed by atoms with E-state index in [9.17, 15) is 14.9 Å². The molecule has 1 saturated heterocycles. The molecule has 0 bridgehead atoms. The Labute approximate surface area is 249 Å². The molecule has 1 saturated carbocycles. The van der Waals surface area contributed by atoms with Gasteiger partial charge in [0, 0.05) is 43.4 Å². The molecule has 1 aromatic heterocycles. The summed E-state index contributed by atoms with van der Waals surface area (Å²) in [6.07, 6.45) is 3.97. The smallest absolute Gasteiger partial charge is 0.316 e. The zero-order chi connectivity index (χ0) is 29.1. The number of rotatable bonds is 10. The molecule has 1 aliphatic heterocycles. The standard InChI is InChI=1S/C32H33N5O4S/c1-32(14-15-32)23-41-30-29(21-33-36(31(30)38)26-10-6-3-7-11-26)34-16-18-35(19-17-34)42-22-24-12-13-28(37(39)40)27(20-24)25-8-4-2-5-9-25/h2-13,20-21H,14-19,22-23H2,1H3. The summed E-state index contributed by atoms with van der Waals surface area (Å²) in [7, 11) is 0. The van der Waals surface area contributed by atoms with Crippen LogP contribution in [-0.4, -0.2) is 51.8 Å². The van der Waals surface area contributed by atoms with E-state index in [4.69, 9.17) is 4.74 Å². The topological polar surface area (TPSA) is 93.7 Å². The van der Waals surface area contributed by atoms with E-state index in [1.54, 1.807) is 24.2 Å². The highest BCUT2D eigenvalue weighted by Crippen LogP contribution is 2.45. The molecule has 4 aromatic rings. The molecular weight excluding hydrogens is 550 g/mol. The molecule has 0 amide bonds. The average molecular weight is 584 g/mol. The maximum absolute atomic E-state index is 13.6. The second-order valence-corrected chi connectivity index (χ2v) is 12.2. The second kappa shape index (κ2) is 12.0. The van der Waals surface area contributed by atoms with Crippen molar-refractivity contribution in [1.29, 1.82) is 0 Å². The van der Waals surface area contributed by atoms with Crippen LogP contribution in [0.25, 0.3) is 16.8 Å². The minimum absolute atomic E-state index is 0.111. The summed E-state index contributed by atoms with van der Waals surface area (Å²) in [5, 5.41) is 16.1. The molecule has 0 unspecified atom stereocenters. The maximum atomic E-state index is 13.6. The Balaban J connectivity index is 1.14. The fourth-order valence-corrected chi connectivity index (χ4v) is 5.99. The highest BCUT2D eigenvalue weighted by molar-refractivity contribution is 7.96. The normalized spacial score (nSPS) is 16.3. The first kappa shape index (κ1) is 28.0. The first-order valence-electron chi connectivity index (χ1n) is 14.2. The summed E-state index contributed by atoms with van der Waals surface area (Å²) in [4.78, 5) is 27.1. The minimum atomic E-state index is -0.325. The fourth-order valence-electron chi connectivity index (χ4n) is 5.05. The fraction of sp³-hybridized carbons (Fsp3) is 0.312. The van der Waals surface area contributed by atoms with Gasteiger partial charge in [0.2, 0.25) is 5.75 Å². The Morgan fingerprint density at radius 2 is 1.67 bits per heavy atom. The first-order chi connectivity index (χ1) is 20.4. The largest absolute Gasteiger partial charge is 0.486 e. The van der Waals surface area contributed by atoms with Gasteiger partial charge in [-0.25, -0.2) is 4.31 Å². The predicted octanol–water partition coefficient (Wildman–Crippen LogP) is 5.96. The maximum Gasteiger partial charge on any atom is 0.316 e. The van der Waals surface area contributed by atoms with Crippen LogP contribution in [0.5, 0.6) is 5.75 Å². The molecule has 2 heterocycles. The van der Waals surface area contributed by atoms with Crippen molar-refractivity contribution >= 4 is 23.3 Å². The number of anilines is 1. The van der Waals surface area contributed by atoms with E-state index in [1.807, 2.05) is 72.8 Å². The number of nitro groups is 1. The van der Waals surface area contributed by atoms with Crippen molar-refractivity contribution in [2.45, 2.75) is 25.5 Å². The quantitative estimate of drug-likeness (QED) is 0.128. The van der Waals surface area contributed by atoms with Crippen molar-refractivity contribution in [3.05, 3.63) is 111 Å². The lowest BCUT2D eigenvalue weighted by Gasteiger charge is -2.35. The Kier molecular flexibility index (Phi) is 7.99. The molecule has 10 heteroatoms. The molecule has 0 N–H and O–H groups in total. The van der Waals surface area contributed by atoms with Gasteiger partial charge in [0.15, 0.2) is 0 Å². The third-order valence-corrected chi connectivity index (χ3v) is 9.11. The summed E-state index contributed by atoms with van der Waals surface area (Å²) >= 11 is 1.72. The molecule has 0 spiro atoms. The van der Waals surface area contributed by atoms with Crippen molar-refractivity contribution in [2.75, 3.05) is 37.7 Å². The number of piperazine rings is 1. The van der Waals surface area contributed by atoms with E-state index in [1.165, 1.54) is 4.68 Å². The van der Waals surface area contributed by atoms with E-state index in [0.717, 1.165) is 55.8 Å². The van der Waals surface area contributed by atoms with E-state index in [-0.39, 0.29) is 21.6 Å². The van der Waals surface area contributed by atoms with Crippen LogP contribution in [-0.2, 0) is 5.75 Å². The van der Waals surface area contributed by atoms with Crippen LogP contribution in [0.2, 0.25) is 0 Å². The lowest BCUT2D eigenvalue weighted by atomic mass is 10.0. The Morgan fingerprint density at radius 3 is 2.33 bits per heavy atom. The monoisotopic (exact) mass is 583 g/mol. The van der Waals surface area contributed by atoms with Crippen LogP contribution in [0.1, 0.15) is 25.3 Å². The third-order valence-electron chi connectivity index (χ3n) is 7.92. The summed E-state index contributed by atoms with van der Waals surface area (Å²) in [6, 6.07) is 24.3. The van der Waals surface area contributed by atoms with Crippen molar-refractivity contribution < 1.29 is 9.66 Å². The Morgan fingerprint density at radius 1 is 0.976 bits per heavy atom. The molecular formula is C32H33N5O4S. The van der Waals surface area contributed by atoms with E-state index >= 15 is 0 Å². The van der Waals surface area contributed by atoms with Gasteiger partial charge < -0.3 is 9.64 Å². The summed E-state index contributed by atoms with van der Waals surface area (Å²) < 4.78 is 9.96. The van der Waals surface area contributed by atoms with Gasteiger partial charge in [0.25, 0.3) is 5.69 Å².